The molecule has 2 aromatic carbocycles. The van der Waals surface area contributed by atoms with Gasteiger partial charge in [0.05, 0.1) is 41.1 Å². The zero-order valence-corrected chi connectivity index (χ0v) is 17.3. The Bertz CT molecular complexity index is 982. The van der Waals surface area contributed by atoms with Gasteiger partial charge in [-0.3, -0.25) is 4.79 Å². The Morgan fingerprint density at radius 1 is 1.11 bits per heavy atom. The van der Waals surface area contributed by atoms with E-state index in [0.29, 0.717) is 15.7 Å². The highest BCUT2D eigenvalue weighted by atomic mass is 35.5. The molecule has 146 valence electrons. The van der Waals surface area contributed by atoms with Crippen LogP contribution in [0.25, 0.3) is 16.9 Å². The van der Waals surface area contributed by atoms with Gasteiger partial charge in [0.15, 0.2) is 0 Å². The van der Waals surface area contributed by atoms with Crippen LogP contribution in [0.5, 0.6) is 5.75 Å². The van der Waals surface area contributed by atoms with Gasteiger partial charge >= 0.3 is 5.97 Å². The third-order valence-electron chi connectivity index (χ3n) is 4.02. The zero-order chi connectivity index (χ0) is 20.3. The van der Waals surface area contributed by atoms with E-state index < -0.39 is 0 Å². The quantitative estimate of drug-likeness (QED) is 0.506. The van der Waals surface area contributed by atoms with Gasteiger partial charge in [-0.1, -0.05) is 29.3 Å². The predicted molar refractivity (Wildman–Crippen MR) is 111 cm³/mol. The normalized spacial score (nSPS) is 10.9. The summed E-state index contributed by atoms with van der Waals surface area (Å²) in [6.07, 6.45) is 1.74. The molecule has 0 aliphatic heterocycles. The van der Waals surface area contributed by atoms with E-state index in [4.69, 9.17) is 32.7 Å². The second-order valence-electron chi connectivity index (χ2n) is 6.49. The first-order valence-corrected chi connectivity index (χ1v) is 9.51. The molecule has 3 aromatic rings. The van der Waals surface area contributed by atoms with Crippen molar-refractivity contribution in [3.8, 4) is 22.7 Å². The lowest BCUT2D eigenvalue weighted by atomic mass is 10.1. The molecule has 0 saturated carbocycles. The molecule has 0 unspecified atom stereocenters. The van der Waals surface area contributed by atoms with Crippen LogP contribution >= 0.6 is 23.2 Å². The summed E-state index contributed by atoms with van der Waals surface area (Å²) in [6.45, 7) is 3.64. The smallest absolute Gasteiger partial charge is 0.310 e. The van der Waals surface area contributed by atoms with Crippen LogP contribution in [-0.4, -0.2) is 29.0 Å². The van der Waals surface area contributed by atoms with Gasteiger partial charge in [0.1, 0.15) is 5.75 Å². The maximum Gasteiger partial charge on any atom is 0.310 e. The first-order valence-electron chi connectivity index (χ1n) is 8.75. The van der Waals surface area contributed by atoms with Crippen molar-refractivity contribution >= 4 is 29.2 Å². The summed E-state index contributed by atoms with van der Waals surface area (Å²) in [6, 6.07) is 12.8. The number of halogens is 2. The largest absolute Gasteiger partial charge is 0.497 e. The Morgan fingerprint density at radius 2 is 1.82 bits per heavy atom. The Balaban J connectivity index is 2.02. The average Bonchev–Trinajstić information content (AvgIpc) is 3.07. The van der Waals surface area contributed by atoms with Crippen LogP contribution in [-0.2, 0) is 16.0 Å². The van der Waals surface area contributed by atoms with Crippen LogP contribution in [0, 0.1) is 0 Å². The summed E-state index contributed by atoms with van der Waals surface area (Å²) in [5.74, 6) is 0.437. The minimum absolute atomic E-state index is 0.101. The van der Waals surface area contributed by atoms with Crippen molar-refractivity contribution in [3.63, 3.8) is 0 Å². The van der Waals surface area contributed by atoms with Gasteiger partial charge in [0.25, 0.3) is 0 Å². The number of rotatable bonds is 6. The molecule has 0 atom stereocenters. The van der Waals surface area contributed by atoms with Crippen LogP contribution < -0.4 is 4.74 Å². The lowest BCUT2D eigenvalue weighted by molar-refractivity contribution is -0.146. The predicted octanol–water partition coefficient (Wildman–Crippen LogP) is 5.35. The average molecular weight is 419 g/mol. The van der Waals surface area contributed by atoms with Crippen LogP contribution in [0.3, 0.4) is 0 Å². The van der Waals surface area contributed by atoms with Crippen molar-refractivity contribution in [3.05, 3.63) is 64.3 Å². The number of benzene rings is 2. The molecule has 1 aromatic heterocycles. The van der Waals surface area contributed by atoms with Gasteiger partial charge in [-0.15, -0.1) is 0 Å². The van der Waals surface area contributed by atoms with Gasteiger partial charge in [-0.25, -0.2) is 4.68 Å². The first kappa shape index (κ1) is 20.2. The molecular formula is C21H20Cl2N2O3. The van der Waals surface area contributed by atoms with E-state index in [-0.39, 0.29) is 18.5 Å². The number of ether oxygens (including phenoxy) is 2. The van der Waals surface area contributed by atoms with Gasteiger partial charge in [0, 0.05) is 17.3 Å². The number of carbonyl (C=O) groups excluding carboxylic acids is 1. The number of hydrogen-bond donors (Lipinski definition) is 0. The third kappa shape index (κ3) is 4.66. The molecule has 3 rings (SSSR count). The Hall–Kier alpha value is -2.50. The number of methoxy groups -OCH3 is 1. The van der Waals surface area contributed by atoms with Gasteiger partial charge in [0.2, 0.25) is 0 Å². The molecule has 0 aliphatic rings. The zero-order valence-electron chi connectivity index (χ0n) is 15.8. The maximum absolute atomic E-state index is 12.2. The molecule has 0 radical (unpaired) electrons. The number of carbonyl (C=O) groups is 1. The molecule has 0 N–H and O–H groups in total. The SMILES string of the molecule is COc1ccc(-n2cc(CC(=O)OC(C)C)c(-c3ccc(Cl)c(Cl)c3)n2)cc1. The monoisotopic (exact) mass is 418 g/mol. The maximum atomic E-state index is 12.2. The summed E-state index contributed by atoms with van der Waals surface area (Å²) in [7, 11) is 1.61. The van der Waals surface area contributed by atoms with Crippen molar-refractivity contribution in [1.82, 2.24) is 9.78 Å². The van der Waals surface area contributed by atoms with Crippen molar-refractivity contribution in [2.24, 2.45) is 0 Å². The van der Waals surface area contributed by atoms with E-state index in [9.17, 15) is 4.79 Å². The Labute approximate surface area is 173 Å². The summed E-state index contributed by atoms with van der Waals surface area (Å²) < 4.78 is 12.2. The molecule has 0 spiro atoms. The van der Waals surface area contributed by atoms with Gasteiger partial charge in [-0.2, -0.15) is 5.10 Å². The Kier molecular flexibility index (Phi) is 6.27. The van der Waals surface area contributed by atoms with E-state index in [1.165, 1.54) is 0 Å². The summed E-state index contributed by atoms with van der Waals surface area (Å²) in [5, 5.41) is 5.56. The molecular weight excluding hydrogens is 399 g/mol. The van der Waals surface area contributed by atoms with Crippen molar-refractivity contribution in [2.75, 3.05) is 7.11 Å². The minimum atomic E-state index is -0.314. The van der Waals surface area contributed by atoms with Crippen molar-refractivity contribution in [1.29, 1.82) is 0 Å². The molecule has 28 heavy (non-hydrogen) atoms. The summed E-state index contributed by atoms with van der Waals surface area (Å²) >= 11 is 12.2. The van der Waals surface area contributed by atoms with E-state index in [0.717, 1.165) is 22.6 Å². The lowest BCUT2D eigenvalue weighted by Gasteiger charge is -2.08. The molecule has 7 heteroatoms. The van der Waals surface area contributed by atoms with Crippen LogP contribution in [0.2, 0.25) is 10.0 Å². The highest BCUT2D eigenvalue weighted by Crippen LogP contribution is 2.30. The fourth-order valence-corrected chi connectivity index (χ4v) is 3.05. The van der Waals surface area contributed by atoms with E-state index in [1.54, 1.807) is 23.9 Å². The number of esters is 1. The first-order chi connectivity index (χ1) is 13.4. The summed E-state index contributed by atoms with van der Waals surface area (Å²) in [4.78, 5) is 12.2. The highest BCUT2D eigenvalue weighted by Gasteiger charge is 2.18. The molecule has 0 fully saturated rings. The second-order valence-corrected chi connectivity index (χ2v) is 7.30. The molecule has 0 amide bonds. The number of aromatic nitrogens is 2. The van der Waals surface area contributed by atoms with Crippen LogP contribution in [0.1, 0.15) is 19.4 Å². The standard InChI is InChI=1S/C21H20Cl2N2O3/c1-13(2)28-20(26)11-15-12-25(16-5-7-17(27-3)8-6-16)24-21(15)14-4-9-18(22)19(23)10-14/h4-10,12-13H,11H2,1-3H3. The third-order valence-corrected chi connectivity index (χ3v) is 4.76. The summed E-state index contributed by atoms with van der Waals surface area (Å²) in [5.41, 5.74) is 2.99. The topological polar surface area (TPSA) is 53.4 Å². The van der Waals surface area contributed by atoms with Crippen LogP contribution in [0.4, 0.5) is 0 Å². The molecule has 1 heterocycles. The molecule has 5 nitrogen and oxygen atoms in total. The highest BCUT2D eigenvalue weighted by molar-refractivity contribution is 6.42. The molecule has 0 saturated heterocycles. The van der Waals surface area contributed by atoms with Crippen molar-refractivity contribution in [2.45, 2.75) is 26.4 Å². The second kappa shape index (κ2) is 8.67. The van der Waals surface area contributed by atoms with Gasteiger partial charge in [-0.05, 0) is 50.2 Å². The van der Waals surface area contributed by atoms with Gasteiger partial charge < -0.3 is 9.47 Å². The van der Waals surface area contributed by atoms with E-state index >= 15 is 0 Å². The number of nitrogens with zero attached hydrogens (tertiary/aromatic N) is 2. The fourth-order valence-electron chi connectivity index (χ4n) is 2.75. The van der Waals surface area contributed by atoms with Crippen LogP contribution in [0.15, 0.2) is 48.7 Å². The van der Waals surface area contributed by atoms with E-state index in [1.807, 2.05) is 50.4 Å². The lowest BCUT2D eigenvalue weighted by Crippen LogP contribution is -2.13. The Morgan fingerprint density at radius 3 is 2.43 bits per heavy atom. The van der Waals surface area contributed by atoms with E-state index in [2.05, 4.69) is 5.10 Å². The molecule has 0 aliphatic carbocycles. The number of hydrogen-bond acceptors (Lipinski definition) is 4. The fraction of sp³-hybridized carbons (Fsp3) is 0.238. The minimum Gasteiger partial charge on any atom is -0.497 e. The molecule has 0 bridgehead atoms. The van der Waals surface area contributed by atoms with Crippen molar-refractivity contribution < 1.29 is 14.3 Å².